The van der Waals surface area contributed by atoms with Gasteiger partial charge in [0.05, 0.1) is 5.92 Å². The summed E-state index contributed by atoms with van der Waals surface area (Å²) in [5, 5.41) is 0. The third kappa shape index (κ3) is 3.28. The van der Waals surface area contributed by atoms with Crippen LogP contribution >= 0.6 is 0 Å². The summed E-state index contributed by atoms with van der Waals surface area (Å²) in [7, 11) is 0. The van der Waals surface area contributed by atoms with E-state index in [-0.39, 0.29) is 29.0 Å². The monoisotopic (exact) mass is 376 g/mol. The van der Waals surface area contributed by atoms with E-state index >= 15 is 0 Å². The zero-order valence-corrected chi connectivity index (χ0v) is 16.9. The summed E-state index contributed by atoms with van der Waals surface area (Å²) in [6.45, 7) is 5.69. The molecule has 28 heavy (non-hydrogen) atoms. The Morgan fingerprint density at radius 2 is 1.68 bits per heavy atom. The molecule has 4 rings (SSSR count). The second kappa shape index (κ2) is 6.88. The molecule has 3 nitrogen and oxygen atoms in total. The summed E-state index contributed by atoms with van der Waals surface area (Å²) in [6, 6.07) is 17.9. The van der Waals surface area contributed by atoms with Crippen LogP contribution in [0.15, 0.2) is 54.6 Å². The van der Waals surface area contributed by atoms with Crippen molar-refractivity contribution in [2.24, 2.45) is 11.8 Å². The minimum absolute atomic E-state index is 0.156. The van der Waals surface area contributed by atoms with Gasteiger partial charge in [0, 0.05) is 16.9 Å². The molecule has 1 spiro atoms. The fraction of sp³-hybridized carbons (Fsp3) is 0.440. The summed E-state index contributed by atoms with van der Waals surface area (Å²) in [5.74, 6) is -0.429. The topological polar surface area (TPSA) is 43.4 Å². The van der Waals surface area contributed by atoms with Crippen LogP contribution < -0.4 is 0 Å². The van der Waals surface area contributed by atoms with E-state index in [4.69, 9.17) is 4.74 Å². The molecule has 0 N–H and O–H groups in total. The fourth-order valence-corrected chi connectivity index (χ4v) is 5.19. The molecule has 0 aromatic heterocycles. The average molecular weight is 376 g/mol. The number of carbonyl (C=O) groups excluding carboxylic acids is 2. The Morgan fingerprint density at radius 3 is 2.39 bits per heavy atom. The highest BCUT2D eigenvalue weighted by molar-refractivity contribution is 5.99. The van der Waals surface area contributed by atoms with Crippen LogP contribution in [-0.2, 0) is 21.4 Å². The third-order valence-electron chi connectivity index (χ3n) is 6.31. The molecule has 1 saturated carbocycles. The molecule has 0 aliphatic heterocycles. The number of esters is 1. The van der Waals surface area contributed by atoms with E-state index in [9.17, 15) is 9.59 Å². The summed E-state index contributed by atoms with van der Waals surface area (Å²) in [4.78, 5) is 26.4. The summed E-state index contributed by atoms with van der Waals surface area (Å²) < 4.78 is 5.70. The second-order valence-corrected chi connectivity index (χ2v) is 9.27. The normalized spacial score (nSPS) is 26.2. The molecule has 0 bridgehead atoms. The van der Waals surface area contributed by atoms with Gasteiger partial charge < -0.3 is 4.74 Å². The molecule has 2 aliphatic carbocycles. The number of hydrogen-bond acceptors (Lipinski definition) is 3. The number of hydrogen-bond donors (Lipinski definition) is 0. The van der Waals surface area contributed by atoms with Gasteiger partial charge in [-0.05, 0) is 57.6 Å². The van der Waals surface area contributed by atoms with Crippen LogP contribution in [0.4, 0.5) is 0 Å². The first-order chi connectivity index (χ1) is 13.3. The van der Waals surface area contributed by atoms with E-state index in [0.717, 1.165) is 18.4 Å². The van der Waals surface area contributed by atoms with E-state index in [1.807, 2.05) is 51.1 Å². The van der Waals surface area contributed by atoms with E-state index in [1.165, 1.54) is 11.1 Å². The zero-order chi connectivity index (χ0) is 19.9. The Morgan fingerprint density at radius 1 is 1.00 bits per heavy atom. The number of carbonyl (C=O) groups is 2. The van der Waals surface area contributed by atoms with Crippen LogP contribution in [0.3, 0.4) is 0 Å². The number of Topliss-reactive ketones (excluding diaryl/α,β-unsaturated/α-hetero) is 1. The lowest BCUT2D eigenvalue weighted by atomic mass is 9.70. The smallest absolute Gasteiger partial charge is 0.309 e. The van der Waals surface area contributed by atoms with Crippen LogP contribution in [0.5, 0.6) is 0 Å². The Balaban J connectivity index is 1.72. The molecule has 146 valence electrons. The third-order valence-corrected chi connectivity index (χ3v) is 6.31. The van der Waals surface area contributed by atoms with Crippen molar-refractivity contribution >= 4 is 11.8 Å². The summed E-state index contributed by atoms with van der Waals surface area (Å²) in [6.07, 6.45) is 3.16. The number of rotatable bonds is 3. The van der Waals surface area contributed by atoms with Crippen molar-refractivity contribution in [2.45, 2.75) is 57.5 Å². The first kappa shape index (κ1) is 18.9. The molecule has 0 unspecified atom stereocenters. The molecule has 3 atom stereocenters. The number of ether oxygens (including phenoxy) is 1. The average Bonchev–Trinajstić information content (AvgIpc) is 3.23. The van der Waals surface area contributed by atoms with Gasteiger partial charge in [0.15, 0.2) is 5.78 Å². The highest BCUT2D eigenvalue weighted by Gasteiger charge is 2.56. The largest absolute Gasteiger partial charge is 0.460 e. The number of ketones is 1. The summed E-state index contributed by atoms with van der Waals surface area (Å²) in [5.41, 5.74) is 2.54. The minimum Gasteiger partial charge on any atom is -0.460 e. The molecule has 3 heteroatoms. The molecule has 0 saturated heterocycles. The number of benzene rings is 2. The van der Waals surface area contributed by atoms with Gasteiger partial charge in [0.25, 0.3) is 0 Å². The molecular formula is C25H28O3. The van der Waals surface area contributed by atoms with Gasteiger partial charge in [0.1, 0.15) is 5.60 Å². The van der Waals surface area contributed by atoms with Gasteiger partial charge in [-0.3, -0.25) is 9.59 Å². The first-order valence-electron chi connectivity index (χ1n) is 10.2. The Labute approximate surface area is 167 Å². The molecule has 2 aromatic rings. The fourth-order valence-electron chi connectivity index (χ4n) is 5.19. The predicted molar refractivity (Wildman–Crippen MR) is 109 cm³/mol. The lowest BCUT2D eigenvalue weighted by Crippen LogP contribution is -2.33. The van der Waals surface area contributed by atoms with E-state index in [1.54, 1.807) is 0 Å². The zero-order valence-electron chi connectivity index (χ0n) is 16.9. The van der Waals surface area contributed by atoms with E-state index in [2.05, 4.69) is 24.3 Å². The first-order valence-corrected chi connectivity index (χ1v) is 10.2. The highest BCUT2D eigenvalue weighted by atomic mass is 16.6. The molecular weight excluding hydrogens is 348 g/mol. The van der Waals surface area contributed by atoms with E-state index in [0.29, 0.717) is 12.8 Å². The minimum atomic E-state index is -0.515. The maximum atomic E-state index is 13.5. The predicted octanol–water partition coefficient (Wildman–Crippen LogP) is 5.12. The van der Waals surface area contributed by atoms with Gasteiger partial charge >= 0.3 is 5.97 Å². The van der Waals surface area contributed by atoms with Gasteiger partial charge in [-0.15, -0.1) is 0 Å². The van der Waals surface area contributed by atoms with Crippen LogP contribution in [-0.4, -0.2) is 17.4 Å². The Bertz CT molecular complexity index is 894. The standard InChI is InChI=1S/C25H28O3/c1-24(2,3)28-23(27)19-15-21(22(26)18-10-5-4-6-11-18)25(16-19)14-13-17-9-7-8-12-20(17)25/h4-12,19,21H,13-16H2,1-3H3/t19-,21+,25+/m0/s1. The summed E-state index contributed by atoms with van der Waals surface area (Å²) >= 11 is 0. The lowest BCUT2D eigenvalue weighted by Gasteiger charge is -2.32. The van der Waals surface area contributed by atoms with Crippen molar-refractivity contribution in [1.82, 2.24) is 0 Å². The molecule has 0 radical (unpaired) electrons. The Hall–Kier alpha value is -2.42. The number of fused-ring (bicyclic) bond motifs is 2. The maximum absolute atomic E-state index is 13.5. The molecule has 2 aliphatic rings. The van der Waals surface area contributed by atoms with Crippen molar-refractivity contribution < 1.29 is 14.3 Å². The Kier molecular flexibility index (Phi) is 4.65. The molecule has 0 heterocycles. The van der Waals surface area contributed by atoms with Crippen LogP contribution in [0.25, 0.3) is 0 Å². The highest BCUT2D eigenvalue weighted by Crippen LogP contribution is 2.56. The van der Waals surface area contributed by atoms with Crippen molar-refractivity contribution in [1.29, 1.82) is 0 Å². The van der Waals surface area contributed by atoms with Gasteiger partial charge in [-0.2, -0.15) is 0 Å². The molecule has 1 fully saturated rings. The lowest BCUT2D eigenvalue weighted by molar-refractivity contribution is -0.159. The van der Waals surface area contributed by atoms with Crippen molar-refractivity contribution in [3.63, 3.8) is 0 Å². The number of aryl methyl sites for hydroxylation is 1. The van der Waals surface area contributed by atoms with Gasteiger partial charge in [-0.25, -0.2) is 0 Å². The van der Waals surface area contributed by atoms with Crippen LogP contribution in [0.2, 0.25) is 0 Å². The van der Waals surface area contributed by atoms with E-state index < -0.39 is 5.60 Å². The molecule has 2 aromatic carbocycles. The van der Waals surface area contributed by atoms with Gasteiger partial charge in [0.2, 0.25) is 0 Å². The van der Waals surface area contributed by atoms with Crippen molar-refractivity contribution in [2.75, 3.05) is 0 Å². The van der Waals surface area contributed by atoms with Crippen LogP contribution in [0, 0.1) is 11.8 Å². The SMILES string of the molecule is CC(C)(C)OC(=O)[C@H]1C[C@H](C(=O)c2ccccc2)[C@]2(CCc3ccccc32)C1. The van der Waals surface area contributed by atoms with Gasteiger partial charge in [-0.1, -0.05) is 54.6 Å². The second-order valence-electron chi connectivity index (χ2n) is 9.27. The van der Waals surface area contributed by atoms with Crippen LogP contribution in [0.1, 0.15) is 61.5 Å². The van der Waals surface area contributed by atoms with Crippen molar-refractivity contribution in [3.05, 3.63) is 71.3 Å². The quantitative estimate of drug-likeness (QED) is 0.551. The van der Waals surface area contributed by atoms with Crippen molar-refractivity contribution in [3.8, 4) is 0 Å². The molecule has 0 amide bonds. The maximum Gasteiger partial charge on any atom is 0.309 e.